The first-order chi connectivity index (χ1) is 30.3. The number of para-hydroxylation sites is 1. The highest BCUT2D eigenvalue weighted by Crippen LogP contribution is 2.65. The van der Waals surface area contributed by atoms with Gasteiger partial charge >= 0.3 is 0 Å². The lowest BCUT2D eigenvalue weighted by atomic mass is 9.70. The van der Waals surface area contributed by atoms with E-state index >= 15 is 0 Å². The fourth-order valence-corrected chi connectivity index (χ4v) is 12.2. The number of anilines is 3. The summed E-state index contributed by atoms with van der Waals surface area (Å²) in [5, 5.41) is 5.01. The third-order valence-corrected chi connectivity index (χ3v) is 14.5. The first kappa shape index (κ1) is 34.4. The number of thiophene rings is 1. The Morgan fingerprint density at radius 1 is 0.328 bits per heavy atom. The van der Waals surface area contributed by atoms with Gasteiger partial charge in [-0.3, -0.25) is 0 Å². The SMILES string of the molecule is c1ccc(-c2cccc3c2sc2cccc(N(c4ccccc4-c4cccc5ccccc45)c4cccc5c4-c4ccccc4C54c5ccccc5-c5ccccc54)c23)cc1. The van der Waals surface area contributed by atoms with E-state index in [1.807, 2.05) is 11.3 Å². The van der Waals surface area contributed by atoms with Crippen LogP contribution >= 0.6 is 11.3 Å². The maximum atomic E-state index is 2.60. The van der Waals surface area contributed by atoms with Crippen molar-refractivity contribution in [1.29, 1.82) is 0 Å². The highest BCUT2D eigenvalue weighted by molar-refractivity contribution is 7.26. The molecule has 0 fully saturated rings. The number of hydrogen-bond donors (Lipinski definition) is 0. The van der Waals surface area contributed by atoms with Gasteiger partial charge in [-0.2, -0.15) is 0 Å². The molecule has 0 bridgehead atoms. The van der Waals surface area contributed by atoms with Crippen LogP contribution in [0.5, 0.6) is 0 Å². The molecule has 1 spiro atoms. The molecule has 61 heavy (non-hydrogen) atoms. The van der Waals surface area contributed by atoms with Crippen molar-refractivity contribution in [3.63, 3.8) is 0 Å². The van der Waals surface area contributed by atoms with Crippen LogP contribution in [0, 0.1) is 0 Å². The van der Waals surface area contributed by atoms with Crippen molar-refractivity contribution in [3.8, 4) is 44.5 Å². The summed E-state index contributed by atoms with van der Waals surface area (Å²) >= 11 is 1.89. The second kappa shape index (κ2) is 13.2. The maximum absolute atomic E-state index is 2.60. The van der Waals surface area contributed by atoms with Crippen LogP contribution in [0.3, 0.4) is 0 Å². The molecule has 0 saturated carbocycles. The molecule has 2 heteroatoms. The Kier molecular flexibility index (Phi) is 7.46. The molecule has 13 rings (SSSR count). The lowest BCUT2D eigenvalue weighted by molar-refractivity contribution is 0.794. The summed E-state index contributed by atoms with van der Waals surface area (Å²) in [6, 6.07) is 83.5. The average Bonchev–Trinajstić information content (AvgIpc) is 3.97. The molecule has 0 amide bonds. The van der Waals surface area contributed by atoms with Gasteiger partial charge < -0.3 is 4.90 Å². The molecule has 11 aromatic rings. The van der Waals surface area contributed by atoms with Crippen LogP contribution in [0.4, 0.5) is 17.1 Å². The molecule has 2 aliphatic carbocycles. The van der Waals surface area contributed by atoms with Gasteiger partial charge in [-0.05, 0) is 90.7 Å². The van der Waals surface area contributed by atoms with Gasteiger partial charge in [0.25, 0.3) is 0 Å². The summed E-state index contributed by atoms with van der Waals surface area (Å²) in [5.41, 5.74) is 18.5. The van der Waals surface area contributed by atoms with Gasteiger partial charge in [-0.1, -0.05) is 200 Å². The Hall–Kier alpha value is -7.52. The summed E-state index contributed by atoms with van der Waals surface area (Å²) in [4.78, 5) is 2.60. The number of hydrogen-bond acceptors (Lipinski definition) is 2. The van der Waals surface area contributed by atoms with Gasteiger partial charge in [0.1, 0.15) is 0 Å². The Morgan fingerprint density at radius 3 is 1.64 bits per heavy atom. The van der Waals surface area contributed by atoms with Gasteiger partial charge in [-0.15, -0.1) is 11.3 Å². The molecule has 0 aliphatic heterocycles. The monoisotopic (exact) mass is 791 g/mol. The van der Waals surface area contributed by atoms with E-state index in [2.05, 4.69) is 229 Å². The molecule has 2 aliphatic rings. The smallest absolute Gasteiger partial charge is 0.0726 e. The Morgan fingerprint density at radius 2 is 0.836 bits per heavy atom. The lowest BCUT2D eigenvalue weighted by Crippen LogP contribution is -2.26. The zero-order chi connectivity index (χ0) is 40.1. The fraction of sp³-hybridized carbons (Fsp3) is 0.0169. The van der Waals surface area contributed by atoms with Crippen LogP contribution in [0.1, 0.15) is 22.3 Å². The summed E-state index contributed by atoms with van der Waals surface area (Å²) in [6.45, 7) is 0. The largest absolute Gasteiger partial charge is 0.309 e. The van der Waals surface area contributed by atoms with Crippen molar-refractivity contribution in [3.05, 3.63) is 247 Å². The van der Waals surface area contributed by atoms with Crippen LogP contribution in [-0.4, -0.2) is 0 Å². The second-order valence-electron chi connectivity index (χ2n) is 16.3. The lowest BCUT2D eigenvalue weighted by Gasteiger charge is -2.33. The van der Waals surface area contributed by atoms with Crippen LogP contribution in [0.25, 0.3) is 75.5 Å². The van der Waals surface area contributed by atoms with Crippen LogP contribution in [-0.2, 0) is 5.41 Å². The van der Waals surface area contributed by atoms with Gasteiger partial charge in [-0.25, -0.2) is 0 Å². The molecule has 1 nitrogen and oxygen atoms in total. The van der Waals surface area contributed by atoms with E-state index in [9.17, 15) is 0 Å². The average molecular weight is 792 g/mol. The molecule has 0 radical (unpaired) electrons. The number of nitrogens with zero attached hydrogens (tertiary/aromatic N) is 1. The zero-order valence-electron chi connectivity index (χ0n) is 33.2. The molecule has 0 unspecified atom stereocenters. The van der Waals surface area contributed by atoms with E-state index in [1.54, 1.807) is 0 Å². The standard InChI is InChI=1S/C59H37NS/c1-2-18-39(19-3-1)41-27-15-29-47-57-54(36-17-37-55(57)61-58(41)47)60(52-34-13-9-25-45(52)42-28-14-21-38-20-4-5-22-40(38)42)53-35-16-33-51-56(53)46-26-8-12-32-50(46)59(51)48-30-10-6-23-43(48)44-24-7-11-31-49(44)59/h1-37H. The van der Waals surface area contributed by atoms with Crippen molar-refractivity contribution in [1.82, 2.24) is 0 Å². The van der Waals surface area contributed by atoms with E-state index in [0.717, 1.165) is 5.69 Å². The Labute approximate surface area is 359 Å². The predicted octanol–water partition coefficient (Wildman–Crippen LogP) is 16.4. The number of rotatable bonds is 5. The predicted molar refractivity (Wildman–Crippen MR) is 259 cm³/mol. The summed E-state index contributed by atoms with van der Waals surface area (Å²) in [7, 11) is 0. The third kappa shape index (κ3) is 4.77. The minimum absolute atomic E-state index is 0.457. The van der Waals surface area contributed by atoms with Gasteiger partial charge in [0.05, 0.1) is 22.5 Å². The molecular weight excluding hydrogens is 755 g/mol. The number of fused-ring (bicyclic) bond motifs is 14. The van der Waals surface area contributed by atoms with E-state index in [0.29, 0.717) is 0 Å². The molecule has 284 valence electrons. The third-order valence-electron chi connectivity index (χ3n) is 13.3. The van der Waals surface area contributed by atoms with Gasteiger partial charge in [0.2, 0.25) is 0 Å². The molecule has 1 heterocycles. The molecule has 0 atom stereocenters. The molecule has 10 aromatic carbocycles. The Balaban J connectivity index is 1.16. The fourth-order valence-electron chi connectivity index (χ4n) is 10.9. The molecule has 1 aromatic heterocycles. The van der Waals surface area contributed by atoms with E-state index in [-0.39, 0.29) is 0 Å². The van der Waals surface area contributed by atoms with Gasteiger partial charge in [0, 0.05) is 31.3 Å². The summed E-state index contributed by atoms with van der Waals surface area (Å²) in [5.74, 6) is 0. The van der Waals surface area contributed by atoms with Crippen molar-refractivity contribution in [2.75, 3.05) is 4.90 Å². The van der Waals surface area contributed by atoms with Crippen molar-refractivity contribution < 1.29 is 0 Å². The first-order valence-corrected chi connectivity index (χ1v) is 21.9. The van der Waals surface area contributed by atoms with Crippen molar-refractivity contribution in [2.24, 2.45) is 0 Å². The van der Waals surface area contributed by atoms with Crippen molar-refractivity contribution >= 4 is 59.3 Å². The van der Waals surface area contributed by atoms with Gasteiger partial charge in [0.15, 0.2) is 0 Å². The minimum atomic E-state index is -0.457. The maximum Gasteiger partial charge on any atom is 0.0726 e. The van der Waals surface area contributed by atoms with Crippen LogP contribution < -0.4 is 4.90 Å². The number of benzene rings is 10. The van der Waals surface area contributed by atoms with E-state index < -0.39 is 5.41 Å². The highest BCUT2D eigenvalue weighted by atomic mass is 32.1. The summed E-state index contributed by atoms with van der Waals surface area (Å²) in [6.07, 6.45) is 0. The normalized spacial score (nSPS) is 13.0. The molecule has 0 N–H and O–H groups in total. The minimum Gasteiger partial charge on any atom is -0.309 e. The molecule has 0 saturated heterocycles. The van der Waals surface area contributed by atoms with E-state index in [1.165, 1.54) is 109 Å². The van der Waals surface area contributed by atoms with E-state index in [4.69, 9.17) is 0 Å². The Bertz CT molecular complexity index is 3510. The highest BCUT2D eigenvalue weighted by Gasteiger charge is 2.52. The summed E-state index contributed by atoms with van der Waals surface area (Å²) < 4.78 is 2.58. The second-order valence-corrected chi connectivity index (χ2v) is 17.3. The zero-order valence-corrected chi connectivity index (χ0v) is 34.0. The van der Waals surface area contributed by atoms with Crippen LogP contribution in [0.15, 0.2) is 224 Å². The first-order valence-electron chi connectivity index (χ1n) is 21.1. The van der Waals surface area contributed by atoms with Crippen molar-refractivity contribution in [2.45, 2.75) is 5.41 Å². The quantitative estimate of drug-likeness (QED) is 0.168. The van der Waals surface area contributed by atoms with Crippen LogP contribution in [0.2, 0.25) is 0 Å². The molecular formula is C59H37NS. The topological polar surface area (TPSA) is 3.24 Å².